The predicted octanol–water partition coefficient (Wildman–Crippen LogP) is 17.4. The number of ether oxygens (including phenoxy) is 1. The number of hydrazine groups is 1. The van der Waals surface area contributed by atoms with Crippen LogP contribution in [0.1, 0.15) is 291 Å². The number of likely N-dealkylation sites (N-methyl/N-ethyl adjacent to an activating group) is 4. The van der Waals surface area contributed by atoms with Crippen molar-refractivity contribution in [2.75, 3.05) is 124 Å². The fraction of sp³-hybridized carbons (Fsp3) is 0.714. The van der Waals surface area contributed by atoms with Crippen molar-refractivity contribution in [3.05, 3.63) is 133 Å². The number of aliphatic hydroxyl groups is 1. The van der Waals surface area contributed by atoms with Crippen molar-refractivity contribution in [3.8, 4) is 0 Å². The van der Waals surface area contributed by atoms with Gasteiger partial charge in [0.25, 0.3) is 5.69 Å². The number of epoxide rings is 1. The van der Waals surface area contributed by atoms with Crippen molar-refractivity contribution in [2.45, 2.75) is 369 Å². The molecule has 7 saturated heterocycles. The molecule has 15 N–H and O–H groups in total. The molecule has 29 nitrogen and oxygen atoms in total. The summed E-state index contributed by atoms with van der Waals surface area (Å²) in [4.78, 5) is 96.7. The van der Waals surface area contributed by atoms with E-state index < -0.39 is 88.4 Å². The highest BCUT2D eigenvalue weighted by Gasteiger charge is 2.44. The molecule has 6 aliphatic carbocycles. The molecule has 12 atom stereocenters. The Bertz CT molecular complexity index is 4540. The summed E-state index contributed by atoms with van der Waals surface area (Å²) < 4.78 is 156. The summed E-state index contributed by atoms with van der Waals surface area (Å²) in [6, 6.07) is 16.3. The maximum absolute atomic E-state index is 13.1. The number of halogens is 13. The number of nitrogen functional groups attached to an aromatic ring is 1. The standard InChI is InChI=1S/C22H30F3N3O3.C20H28F3N3O.C13H24N2O.C11H22N2.C10H19NO.C9H6F3NO4.C9H7F3O2.C6H10O.C4H9N.CH4.B.ClH.H4N2.H2O.H2/c1-27(18-6-2-3-7-19(18)28-10-4-5-11-28)20(29)12-15-8-9-16(22(23,24)25)13-17(15)26-14-21(30)31;1-25(17-6-2-3-7-18(17)26-10-4-5-11-26)19(27)12-14-8-9-15(13-16(14)24)20(21,22)23;1-11(16)14(2)12-7-3-4-8-13(12)15-9-5-6-10-15;1-12-10-6-2-3-7-11(10)13-8-4-5-9-13;12-10-6-2-1-5-9(10)11-7-3-4-8-11;10-9(11,12)6-2-1-5(3-8(14)15)7(4-6)13(16)17;10-9(11,12)7-3-1-6(2-4-7)5-8(13)14;1-2-4-6-5(3-1)7-6;1-2-4-5-3-1;;;;1-2;;/h8-9,13,18-19,26H,2-7,10-12,14H2,1H3,(H,30,31);8-9,13,17-18H,2-7,10-12,24H2,1H3;12-13H,3-10H2,1-2H3;10-12H,2-9H2,1H3;9-10,12H,1-8H2;1-2,4H,3H2,(H,14,15);1-4H,5H2,(H,13,14);5-6H,1-4H2;5H,1-4H2;1H4;;1H;1-2H2;1H2;1H/t18-,19-;17-,18-;12-,13-;10-,11-;9-,10-;;;;;;;;;;/m00000........../s1/i;;;;;;;;;;;;;;1+1. The van der Waals surface area contributed by atoms with Gasteiger partial charge in [-0.25, -0.2) is 0 Å². The molecular formula is C105H168BClF12N15O14. The van der Waals surface area contributed by atoms with E-state index in [-0.39, 0.29) is 107 Å². The van der Waals surface area contributed by atoms with Crippen molar-refractivity contribution in [1.82, 2.24) is 49.8 Å². The first kappa shape index (κ1) is 132. The van der Waals surface area contributed by atoms with Crippen molar-refractivity contribution >= 4 is 73.5 Å². The Kier molecular flexibility index (Phi) is 58.8. The van der Waals surface area contributed by atoms with E-state index in [0.717, 1.165) is 144 Å². The van der Waals surface area contributed by atoms with Crippen molar-refractivity contribution in [2.24, 2.45) is 11.7 Å². The van der Waals surface area contributed by atoms with Crippen LogP contribution >= 0.6 is 12.4 Å². The van der Waals surface area contributed by atoms with E-state index in [1.165, 1.54) is 244 Å². The van der Waals surface area contributed by atoms with Crippen LogP contribution in [0.3, 0.4) is 0 Å². The highest BCUT2D eigenvalue weighted by atomic mass is 35.5. The van der Waals surface area contributed by atoms with Gasteiger partial charge < -0.3 is 67.0 Å². The van der Waals surface area contributed by atoms with Crippen LogP contribution in [0, 0.1) is 10.1 Å². The SMILES string of the molecule is C.C1CCC2OC2C1.C1CCNC1.CC(=O)N(C)[C@H]1CCCC[C@@H]1N1CCCC1.CN(C(=O)Cc1ccc(C(F)(F)F)cc1N)[C@H]1CCCC[C@@H]1N1CCCC1.CN(C(=O)Cc1ccc(C(F)(F)F)cc1NCC(=O)O)[C@H]1CCCC[C@@H]1N1CCCC1.CN[C@H]1CCCC[C@@H]1N1CCCC1.Cl.NN.O.O=C(O)Cc1ccc(C(F)(F)F)cc1.O=C(O)Cc1ccc(C(F)(F)F)cc1[N+](=O)[O-].O[C@H]1CCCC[C@@H]1N1CCCC1.[2HH].[B]. The number of carboxylic acid groups (broad SMARTS) is 3. The van der Waals surface area contributed by atoms with Crippen LogP contribution in [0.5, 0.6) is 0 Å². The van der Waals surface area contributed by atoms with Gasteiger partial charge in [0.05, 0.1) is 71.2 Å². The normalized spacial score (nSPS) is 24.4. The Hall–Kier alpha value is -8.27. The summed E-state index contributed by atoms with van der Waals surface area (Å²) in [7, 11) is 7.69. The average molecular weight is 2140 g/mol. The number of nitrogens with one attached hydrogen (secondary N) is 3. The number of hydrogen-bond acceptors (Lipinski definition) is 21. The number of aliphatic hydroxyl groups excluding tert-OH is 1. The first-order valence-electron chi connectivity index (χ1n) is 52.1. The number of carboxylic acids is 3. The molecule has 0 aromatic heterocycles. The average Bonchev–Trinajstić information content (AvgIpc) is 1.34. The third-order valence-electron chi connectivity index (χ3n) is 30.2. The van der Waals surface area contributed by atoms with Gasteiger partial charge in [-0.3, -0.25) is 75.1 Å². The molecule has 3 amide bonds. The highest BCUT2D eigenvalue weighted by Crippen LogP contribution is 2.41. The molecule has 0 bridgehead atoms. The number of benzene rings is 4. The maximum atomic E-state index is 13.1. The summed E-state index contributed by atoms with van der Waals surface area (Å²) in [5.74, 6) is 4.35. The van der Waals surface area contributed by atoms with Crippen LogP contribution in [0.15, 0.2) is 78.9 Å². The lowest BCUT2D eigenvalue weighted by atomic mass is 9.88. The van der Waals surface area contributed by atoms with Crippen LogP contribution < -0.4 is 33.4 Å². The molecule has 13 fully saturated rings. The molecule has 7 heterocycles. The Labute approximate surface area is 875 Å². The summed E-state index contributed by atoms with van der Waals surface area (Å²) in [5, 5.41) is 55.3. The third-order valence-corrected chi connectivity index (χ3v) is 30.2. The van der Waals surface area contributed by atoms with Gasteiger partial charge in [-0.1, -0.05) is 115 Å². The first-order valence-corrected chi connectivity index (χ1v) is 52.1. The molecule has 7 aliphatic heterocycles. The van der Waals surface area contributed by atoms with Crippen LogP contribution in [0.2, 0.25) is 0 Å². The molecule has 841 valence electrons. The highest BCUT2D eigenvalue weighted by molar-refractivity contribution is 5.85. The number of likely N-dealkylation sites (tertiary alicyclic amines) is 5. The van der Waals surface area contributed by atoms with E-state index in [4.69, 9.17) is 25.8 Å². The Morgan fingerprint density at radius 2 is 0.770 bits per heavy atom. The second-order valence-corrected chi connectivity index (χ2v) is 40.0. The Morgan fingerprint density at radius 1 is 0.439 bits per heavy atom. The molecule has 6 saturated carbocycles. The van der Waals surface area contributed by atoms with Gasteiger partial charge in [0.1, 0.15) is 6.54 Å². The number of alkyl halides is 12. The summed E-state index contributed by atoms with van der Waals surface area (Å²) in [6.45, 7) is 15.6. The number of carbonyl (C=O) groups is 6. The predicted molar refractivity (Wildman–Crippen MR) is 556 cm³/mol. The molecule has 13 aliphatic rings. The number of fused-ring (bicyclic) bond motifs is 1. The zero-order valence-electron chi connectivity index (χ0n) is 86.2. The topological polar surface area (TPSA) is 411 Å². The van der Waals surface area contributed by atoms with Gasteiger partial charge in [0, 0.05) is 115 Å². The zero-order valence-corrected chi connectivity index (χ0v) is 87.0. The zero-order chi connectivity index (χ0) is 105. The van der Waals surface area contributed by atoms with E-state index in [1.54, 1.807) is 23.8 Å². The molecule has 0 spiro atoms. The van der Waals surface area contributed by atoms with E-state index in [2.05, 4.69) is 59.2 Å². The number of anilines is 2. The van der Waals surface area contributed by atoms with Gasteiger partial charge in [-0.2, -0.15) is 52.7 Å². The van der Waals surface area contributed by atoms with E-state index >= 15 is 0 Å². The van der Waals surface area contributed by atoms with Gasteiger partial charge >= 0.3 is 42.6 Å². The van der Waals surface area contributed by atoms with Crippen molar-refractivity contribution in [3.63, 3.8) is 0 Å². The van der Waals surface area contributed by atoms with E-state index in [1.807, 2.05) is 19.0 Å². The lowest BCUT2D eigenvalue weighted by molar-refractivity contribution is -0.385. The summed E-state index contributed by atoms with van der Waals surface area (Å²) in [6.07, 6.45) is 27.6. The van der Waals surface area contributed by atoms with Crippen molar-refractivity contribution < 1.29 is 118 Å². The summed E-state index contributed by atoms with van der Waals surface area (Å²) >= 11 is 0. The van der Waals surface area contributed by atoms with Crippen molar-refractivity contribution in [1.29, 1.82) is 0 Å². The lowest BCUT2D eigenvalue weighted by Gasteiger charge is -2.42. The van der Waals surface area contributed by atoms with Gasteiger partial charge in [-0.15, -0.1) is 12.4 Å². The second kappa shape index (κ2) is 66.0. The van der Waals surface area contributed by atoms with Crippen LogP contribution in [-0.4, -0.2) is 300 Å². The molecule has 3 radical (unpaired) electrons. The van der Waals surface area contributed by atoms with Crippen LogP contribution in [-0.2, 0) is 83.9 Å². The Balaban J connectivity index is 0.000000443. The second-order valence-electron chi connectivity index (χ2n) is 40.0. The molecule has 17 rings (SSSR count). The Morgan fingerprint density at radius 3 is 1.13 bits per heavy atom. The number of carbonyl (C=O) groups excluding carboxylic acids is 3. The molecule has 4 aromatic rings. The fourth-order valence-electron chi connectivity index (χ4n) is 22.2. The number of nitro benzene ring substituents is 1. The van der Waals surface area contributed by atoms with Gasteiger partial charge in [0.2, 0.25) is 17.7 Å². The number of nitro groups is 1. The maximum Gasteiger partial charge on any atom is 0.416 e. The van der Waals surface area contributed by atoms with Gasteiger partial charge in [0.15, 0.2) is 0 Å². The molecular weight excluding hydrogens is 1970 g/mol. The minimum atomic E-state index is -4.70. The number of amides is 3. The largest absolute Gasteiger partial charge is 0.481 e. The fourth-order valence-corrected chi connectivity index (χ4v) is 22.2. The van der Waals surface area contributed by atoms with Crippen LogP contribution in [0.25, 0.3) is 0 Å². The summed E-state index contributed by atoms with van der Waals surface area (Å²) in [5.41, 5.74) is 2.27. The number of hydrogen-bond donors (Lipinski definition) is 10. The minimum Gasteiger partial charge on any atom is -0.481 e. The van der Waals surface area contributed by atoms with E-state index in [9.17, 15) is 96.7 Å². The molecule has 4 aromatic carbocycles. The smallest absolute Gasteiger partial charge is 0.416 e. The van der Waals surface area contributed by atoms with Gasteiger partial charge in [-0.05, 0) is 299 Å². The molecule has 2 unspecified atom stereocenters. The first-order chi connectivity index (χ1) is 68.5. The number of aliphatic carboxylic acids is 3. The quantitative estimate of drug-likeness (QED) is 0.00704. The monoisotopic (exact) mass is 2140 g/mol. The lowest BCUT2D eigenvalue weighted by Crippen LogP contribution is -2.53. The third kappa shape index (κ3) is 43.3. The van der Waals surface area contributed by atoms with Crippen LogP contribution in [0.4, 0.5) is 69.7 Å². The number of nitrogens with two attached hydrogens (primary N) is 3. The minimum absolute atomic E-state index is 0. The molecule has 43 heteroatoms. The number of rotatable bonds is 21. The molecule has 148 heavy (non-hydrogen) atoms. The van der Waals surface area contributed by atoms with E-state index in [0.29, 0.717) is 71.2 Å². The number of nitrogens with zero attached hydrogens (tertiary/aromatic N) is 9.